The number of rotatable bonds is 3. The first kappa shape index (κ1) is 14.9. The molecule has 0 aromatic heterocycles. The van der Waals surface area contributed by atoms with Crippen molar-refractivity contribution in [2.45, 2.75) is 45.1 Å². The molecule has 1 saturated carbocycles. The summed E-state index contributed by atoms with van der Waals surface area (Å²) in [5.74, 6) is 0.100. The third-order valence-electron chi connectivity index (χ3n) is 4.18. The molecule has 0 aliphatic heterocycles. The molecule has 1 aliphatic rings. The summed E-state index contributed by atoms with van der Waals surface area (Å²) in [6.07, 6.45) is 5.23. The molecule has 0 spiro atoms. The van der Waals surface area contributed by atoms with Crippen LogP contribution in [0, 0.1) is 12.8 Å². The zero-order chi connectivity index (χ0) is 14.5. The number of carbonyl (C=O) groups is 1. The summed E-state index contributed by atoms with van der Waals surface area (Å²) in [4.78, 5) is 12.2. The maximum Gasteiger partial charge on any atom is 0.251 e. The summed E-state index contributed by atoms with van der Waals surface area (Å²) >= 11 is 0. The first-order chi connectivity index (χ1) is 9.61. The van der Waals surface area contributed by atoms with Gasteiger partial charge >= 0.3 is 0 Å². The van der Waals surface area contributed by atoms with E-state index in [0.717, 1.165) is 37.7 Å². The molecule has 2 unspecified atom stereocenters. The van der Waals surface area contributed by atoms with Gasteiger partial charge in [-0.15, -0.1) is 0 Å². The Morgan fingerprint density at radius 2 is 2.05 bits per heavy atom. The number of aryl methyl sites for hydroxylation is 1. The van der Waals surface area contributed by atoms with Crippen molar-refractivity contribution in [3.63, 3.8) is 0 Å². The highest BCUT2D eigenvalue weighted by Crippen LogP contribution is 2.24. The van der Waals surface area contributed by atoms with Crippen molar-refractivity contribution >= 4 is 5.91 Å². The van der Waals surface area contributed by atoms with Gasteiger partial charge in [0.05, 0.1) is 0 Å². The Morgan fingerprint density at radius 3 is 2.75 bits per heavy atom. The molecule has 1 fully saturated rings. The lowest BCUT2D eigenvalue weighted by Crippen LogP contribution is -2.41. The highest BCUT2D eigenvalue weighted by molar-refractivity contribution is 5.94. The number of aliphatic hydroxyl groups is 1. The number of amides is 1. The zero-order valence-corrected chi connectivity index (χ0v) is 11.9. The van der Waals surface area contributed by atoms with Crippen molar-refractivity contribution in [3.05, 3.63) is 29.3 Å². The van der Waals surface area contributed by atoms with E-state index in [9.17, 15) is 15.0 Å². The molecule has 0 heterocycles. The topological polar surface area (TPSA) is 69.6 Å². The van der Waals surface area contributed by atoms with Crippen LogP contribution in [0.25, 0.3) is 0 Å². The summed E-state index contributed by atoms with van der Waals surface area (Å²) in [5.41, 5.74) is 1.22. The number of hydrogen-bond acceptors (Lipinski definition) is 3. The van der Waals surface area contributed by atoms with Gasteiger partial charge in [-0.05, 0) is 37.5 Å². The second-order valence-corrected chi connectivity index (χ2v) is 5.66. The number of carbonyl (C=O) groups excluding carboxylic acids is 1. The van der Waals surface area contributed by atoms with Crippen LogP contribution in [0.5, 0.6) is 5.75 Å². The maximum atomic E-state index is 12.2. The molecule has 0 bridgehead atoms. The van der Waals surface area contributed by atoms with Crippen LogP contribution in [-0.2, 0) is 0 Å². The van der Waals surface area contributed by atoms with Gasteiger partial charge in [0.25, 0.3) is 5.91 Å². The van der Waals surface area contributed by atoms with E-state index in [4.69, 9.17) is 0 Å². The standard InChI is InChI=1S/C16H23NO3/c1-11-7-8-12(9-15(11)19)16(20)17-14-6-4-2-3-5-13(14)10-18/h7-9,13-14,18-19H,2-6,10H2,1H3,(H,17,20). The van der Waals surface area contributed by atoms with Crippen LogP contribution in [-0.4, -0.2) is 28.8 Å². The number of aromatic hydroxyl groups is 1. The van der Waals surface area contributed by atoms with E-state index in [1.165, 1.54) is 6.07 Å². The SMILES string of the molecule is Cc1ccc(C(=O)NC2CCCCCC2CO)cc1O. The third kappa shape index (κ3) is 3.51. The molecule has 2 atom stereocenters. The van der Waals surface area contributed by atoms with Crippen LogP contribution in [0.1, 0.15) is 48.0 Å². The highest BCUT2D eigenvalue weighted by atomic mass is 16.3. The normalized spacial score (nSPS) is 23.1. The fourth-order valence-electron chi connectivity index (χ4n) is 2.80. The second-order valence-electron chi connectivity index (χ2n) is 5.66. The van der Waals surface area contributed by atoms with Crippen molar-refractivity contribution < 1.29 is 15.0 Å². The molecule has 4 heteroatoms. The van der Waals surface area contributed by atoms with E-state index in [2.05, 4.69) is 5.32 Å². The number of benzene rings is 1. The van der Waals surface area contributed by atoms with E-state index >= 15 is 0 Å². The molecule has 1 amide bonds. The van der Waals surface area contributed by atoms with Crippen molar-refractivity contribution in [2.75, 3.05) is 6.61 Å². The summed E-state index contributed by atoms with van der Waals surface area (Å²) in [6, 6.07) is 4.98. The molecule has 1 aromatic carbocycles. The molecule has 3 N–H and O–H groups in total. The van der Waals surface area contributed by atoms with Crippen LogP contribution in [0.15, 0.2) is 18.2 Å². The lowest BCUT2D eigenvalue weighted by Gasteiger charge is -2.24. The number of phenols is 1. The predicted molar refractivity (Wildman–Crippen MR) is 77.8 cm³/mol. The monoisotopic (exact) mass is 277 g/mol. The fraction of sp³-hybridized carbons (Fsp3) is 0.562. The molecule has 0 saturated heterocycles. The van der Waals surface area contributed by atoms with Gasteiger partial charge in [0.15, 0.2) is 0 Å². The maximum absolute atomic E-state index is 12.2. The van der Waals surface area contributed by atoms with Crippen LogP contribution in [0.2, 0.25) is 0 Å². The molecule has 2 rings (SSSR count). The Morgan fingerprint density at radius 1 is 1.30 bits per heavy atom. The lowest BCUT2D eigenvalue weighted by molar-refractivity contribution is 0.0899. The Hall–Kier alpha value is -1.55. The summed E-state index contributed by atoms with van der Waals surface area (Å²) in [6.45, 7) is 1.91. The average Bonchev–Trinajstić information content (AvgIpc) is 2.66. The molecular formula is C16H23NO3. The average molecular weight is 277 g/mol. The van der Waals surface area contributed by atoms with Crippen molar-refractivity contribution in [1.82, 2.24) is 5.32 Å². The van der Waals surface area contributed by atoms with E-state index < -0.39 is 0 Å². The van der Waals surface area contributed by atoms with Crippen molar-refractivity contribution in [3.8, 4) is 5.75 Å². The van der Waals surface area contributed by atoms with Crippen LogP contribution in [0.4, 0.5) is 0 Å². The smallest absolute Gasteiger partial charge is 0.251 e. The summed E-state index contributed by atoms with van der Waals surface area (Å²) < 4.78 is 0. The Balaban J connectivity index is 2.06. The summed E-state index contributed by atoms with van der Waals surface area (Å²) in [5, 5.41) is 22.1. The van der Waals surface area contributed by atoms with Gasteiger partial charge < -0.3 is 15.5 Å². The van der Waals surface area contributed by atoms with Gasteiger partial charge in [-0.2, -0.15) is 0 Å². The summed E-state index contributed by atoms with van der Waals surface area (Å²) in [7, 11) is 0. The zero-order valence-electron chi connectivity index (χ0n) is 11.9. The number of aliphatic hydroxyl groups excluding tert-OH is 1. The number of phenolic OH excluding ortho intramolecular Hbond substituents is 1. The molecule has 4 nitrogen and oxygen atoms in total. The molecule has 1 aromatic rings. The first-order valence-corrected chi connectivity index (χ1v) is 7.33. The third-order valence-corrected chi connectivity index (χ3v) is 4.18. The predicted octanol–water partition coefficient (Wildman–Crippen LogP) is 2.37. The van der Waals surface area contributed by atoms with Gasteiger partial charge in [0.1, 0.15) is 5.75 Å². The van der Waals surface area contributed by atoms with Crippen molar-refractivity contribution in [2.24, 2.45) is 5.92 Å². The van der Waals surface area contributed by atoms with E-state index in [1.54, 1.807) is 19.1 Å². The largest absolute Gasteiger partial charge is 0.508 e. The Kier molecular flexibility index (Phi) is 5.01. The van der Waals surface area contributed by atoms with Crippen molar-refractivity contribution in [1.29, 1.82) is 0 Å². The molecule has 20 heavy (non-hydrogen) atoms. The van der Waals surface area contributed by atoms with Gasteiger partial charge in [0.2, 0.25) is 0 Å². The highest BCUT2D eigenvalue weighted by Gasteiger charge is 2.25. The lowest BCUT2D eigenvalue weighted by atomic mass is 9.95. The van der Waals surface area contributed by atoms with Crippen LogP contribution in [0.3, 0.4) is 0 Å². The molecule has 0 radical (unpaired) electrons. The Bertz CT molecular complexity index is 473. The van der Waals surface area contributed by atoms with E-state index in [1.807, 2.05) is 0 Å². The van der Waals surface area contributed by atoms with Gasteiger partial charge in [0, 0.05) is 24.1 Å². The number of hydrogen-bond donors (Lipinski definition) is 3. The van der Waals surface area contributed by atoms with Crippen LogP contribution < -0.4 is 5.32 Å². The molecule has 1 aliphatic carbocycles. The van der Waals surface area contributed by atoms with E-state index in [0.29, 0.717) is 5.56 Å². The minimum absolute atomic E-state index is 0.0263. The van der Waals surface area contributed by atoms with Gasteiger partial charge in [-0.1, -0.05) is 25.3 Å². The minimum Gasteiger partial charge on any atom is -0.508 e. The fourth-order valence-corrected chi connectivity index (χ4v) is 2.80. The van der Waals surface area contributed by atoms with Gasteiger partial charge in [-0.25, -0.2) is 0 Å². The van der Waals surface area contributed by atoms with Gasteiger partial charge in [-0.3, -0.25) is 4.79 Å². The molecular weight excluding hydrogens is 254 g/mol. The van der Waals surface area contributed by atoms with E-state index in [-0.39, 0.29) is 30.2 Å². The first-order valence-electron chi connectivity index (χ1n) is 7.33. The Labute approximate surface area is 119 Å². The van der Waals surface area contributed by atoms with Crippen LogP contribution >= 0.6 is 0 Å². The number of nitrogens with one attached hydrogen (secondary N) is 1. The minimum atomic E-state index is -0.175. The second kappa shape index (κ2) is 6.75. The quantitative estimate of drug-likeness (QED) is 0.743. The molecule has 110 valence electrons.